The highest BCUT2D eigenvalue weighted by molar-refractivity contribution is 5.53. The summed E-state index contributed by atoms with van der Waals surface area (Å²) in [6.45, 7) is 7.20. The van der Waals surface area contributed by atoms with Gasteiger partial charge < -0.3 is 18.9 Å². The predicted molar refractivity (Wildman–Crippen MR) is 105 cm³/mol. The van der Waals surface area contributed by atoms with Crippen LogP contribution in [0.2, 0.25) is 0 Å². The van der Waals surface area contributed by atoms with Crippen molar-refractivity contribution in [3.05, 3.63) is 18.2 Å². The fourth-order valence-corrected chi connectivity index (χ4v) is 3.29. The minimum Gasteiger partial charge on any atom is -0.490 e. The van der Waals surface area contributed by atoms with Gasteiger partial charge in [0.15, 0.2) is 11.5 Å². The molecule has 0 saturated carbocycles. The lowest BCUT2D eigenvalue weighted by Crippen LogP contribution is -2.37. The standard InChI is InChI=1S/C22H36O4/c1-4-6-7-8-9-10-11-12-13-14-18-23-19-16-15-17-20-21(19)26-22(3,25-20)24-5-2/h15-17H,4-14,18H2,1-3H3. The van der Waals surface area contributed by atoms with Crippen molar-refractivity contribution in [2.45, 2.75) is 91.0 Å². The molecule has 0 saturated heterocycles. The van der Waals surface area contributed by atoms with Crippen molar-refractivity contribution < 1.29 is 18.9 Å². The van der Waals surface area contributed by atoms with E-state index >= 15 is 0 Å². The fraction of sp³-hybridized carbons (Fsp3) is 0.727. The van der Waals surface area contributed by atoms with Crippen molar-refractivity contribution in [2.75, 3.05) is 13.2 Å². The highest BCUT2D eigenvalue weighted by atomic mass is 16.9. The van der Waals surface area contributed by atoms with Gasteiger partial charge in [-0.15, -0.1) is 0 Å². The van der Waals surface area contributed by atoms with E-state index in [4.69, 9.17) is 18.9 Å². The maximum atomic E-state index is 5.93. The summed E-state index contributed by atoms with van der Waals surface area (Å²) in [5.41, 5.74) is 0. The summed E-state index contributed by atoms with van der Waals surface area (Å²) in [6.07, 6.45) is 13.2. The Morgan fingerprint density at radius 1 is 0.846 bits per heavy atom. The van der Waals surface area contributed by atoms with E-state index in [9.17, 15) is 0 Å². The first-order valence-electron chi connectivity index (χ1n) is 10.5. The Morgan fingerprint density at radius 3 is 2.15 bits per heavy atom. The van der Waals surface area contributed by atoms with Gasteiger partial charge in [-0.25, -0.2) is 0 Å². The molecule has 0 radical (unpaired) electrons. The third-order valence-electron chi connectivity index (χ3n) is 4.69. The molecule has 0 bridgehead atoms. The number of ether oxygens (including phenoxy) is 4. The summed E-state index contributed by atoms with van der Waals surface area (Å²) in [6, 6.07) is 5.73. The second-order valence-corrected chi connectivity index (χ2v) is 7.11. The van der Waals surface area contributed by atoms with Gasteiger partial charge in [-0.05, 0) is 25.5 Å². The summed E-state index contributed by atoms with van der Waals surface area (Å²) in [7, 11) is 0. The average Bonchev–Trinajstić information content (AvgIpc) is 2.96. The van der Waals surface area contributed by atoms with Crippen LogP contribution in [0.25, 0.3) is 0 Å². The molecule has 4 heteroatoms. The minimum absolute atomic E-state index is 0.527. The van der Waals surface area contributed by atoms with E-state index in [-0.39, 0.29) is 0 Å². The van der Waals surface area contributed by atoms with Crippen LogP contribution in [0.15, 0.2) is 18.2 Å². The second-order valence-electron chi connectivity index (χ2n) is 7.11. The van der Waals surface area contributed by atoms with E-state index in [2.05, 4.69) is 6.92 Å². The lowest BCUT2D eigenvalue weighted by atomic mass is 10.1. The SMILES string of the molecule is CCCCCCCCCCCCOc1cccc2c1OC(C)(OCC)O2. The van der Waals surface area contributed by atoms with Crippen LogP contribution in [-0.4, -0.2) is 19.2 Å². The molecule has 0 aliphatic carbocycles. The normalized spacial score (nSPS) is 18.3. The van der Waals surface area contributed by atoms with Crippen LogP contribution in [0.1, 0.15) is 85.0 Å². The van der Waals surface area contributed by atoms with Crippen molar-refractivity contribution in [1.29, 1.82) is 0 Å². The van der Waals surface area contributed by atoms with Crippen molar-refractivity contribution in [2.24, 2.45) is 0 Å². The Balaban J connectivity index is 1.59. The van der Waals surface area contributed by atoms with Crippen LogP contribution in [0, 0.1) is 0 Å². The van der Waals surface area contributed by atoms with Crippen LogP contribution >= 0.6 is 0 Å². The maximum absolute atomic E-state index is 5.93. The zero-order valence-electron chi connectivity index (χ0n) is 16.9. The molecule has 1 atom stereocenters. The number of fused-ring (bicyclic) bond motifs is 1. The van der Waals surface area contributed by atoms with Gasteiger partial charge >= 0.3 is 5.97 Å². The molecule has 0 N–H and O–H groups in total. The van der Waals surface area contributed by atoms with Crippen LogP contribution in [0.5, 0.6) is 17.2 Å². The molecule has 4 nitrogen and oxygen atoms in total. The number of para-hydroxylation sites is 1. The third-order valence-corrected chi connectivity index (χ3v) is 4.69. The number of hydrogen-bond acceptors (Lipinski definition) is 4. The molecule has 26 heavy (non-hydrogen) atoms. The highest BCUT2D eigenvalue weighted by Gasteiger charge is 2.39. The number of benzene rings is 1. The summed E-state index contributed by atoms with van der Waals surface area (Å²) in [5.74, 6) is 1.02. The minimum atomic E-state index is -1.05. The molecule has 1 aliphatic heterocycles. The van der Waals surface area contributed by atoms with Crippen LogP contribution in [-0.2, 0) is 4.74 Å². The quantitative estimate of drug-likeness (QED) is 0.355. The zero-order chi connectivity index (χ0) is 18.7. The number of unbranched alkanes of at least 4 members (excludes halogenated alkanes) is 9. The van der Waals surface area contributed by atoms with Gasteiger partial charge in [0.25, 0.3) is 0 Å². The molecule has 1 unspecified atom stereocenters. The molecule has 0 aromatic heterocycles. The number of hydrogen-bond donors (Lipinski definition) is 0. The molecule has 0 fully saturated rings. The summed E-state index contributed by atoms with van der Waals surface area (Å²) >= 11 is 0. The molecule has 1 aliphatic rings. The van der Waals surface area contributed by atoms with Gasteiger partial charge in [-0.1, -0.05) is 70.8 Å². The van der Waals surface area contributed by atoms with Crippen LogP contribution in [0.3, 0.4) is 0 Å². The first-order valence-corrected chi connectivity index (χ1v) is 10.5. The van der Waals surface area contributed by atoms with Gasteiger partial charge in [-0.3, -0.25) is 0 Å². The molecule has 148 valence electrons. The van der Waals surface area contributed by atoms with E-state index in [1.807, 2.05) is 25.1 Å². The number of rotatable bonds is 14. The van der Waals surface area contributed by atoms with Crippen molar-refractivity contribution in [3.63, 3.8) is 0 Å². The average molecular weight is 365 g/mol. The smallest absolute Gasteiger partial charge is 0.369 e. The van der Waals surface area contributed by atoms with E-state index in [1.54, 1.807) is 6.92 Å². The topological polar surface area (TPSA) is 36.9 Å². The Hall–Kier alpha value is -1.42. The Labute approximate surface area is 159 Å². The lowest BCUT2D eigenvalue weighted by molar-refractivity contribution is -0.266. The van der Waals surface area contributed by atoms with Gasteiger partial charge in [-0.2, -0.15) is 0 Å². The Kier molecular flexibility index (Phi) is 9.10. The predicted octanol–water partition coefficient (Wildman–Crippen LogP) is 6.47. The highest BCUT2D eigenvalue weighted by Crippen LogP contribution is 2.46. The molecule has 0 amide bonds. The lowest BCUT2D eigenvalue weighted by Gasteiger charge is -2.21. The first-order chi connectivity index (χ1) is 12.7. The van der Waals surface area contributed by atoms with Crippen LogP contribution < -0.4 is 14.2 Å². The van der Waals surface area contributed by atoms with Gasteiger partial charge in [0.1, 0.15) is 0 Å². The van der Waals surface area contributed by atoms with Crippen molar-refractivity contribution >= 4 is 0 Å². The van der Waals surface area contributed by atoms with E-state index in [0.717, 1.165) is 12.2 Å². The van der Waals surface area contributed by atoms with Gasteiger partial charge in [0, 0.05) is 6.92 Å². The van der Waals surface area contributed by atoms with E-state index in [1.165, 1.54) is 57.8 Å². The van der Waals surface area contributed by atoms with Crippen molar-refractivity contribution in [3.8, 4) is 17.2 Å². The molecule has 1 aromatic rings. The monoisotopic (exact) mass is 364 g/mol. The molecular weight excluding hydrogens is 328 g/mol. The van der Waals surface area contributed by atoms with E-state index < -0.39 is 5.97 Å². The largest absolute Gasteiger partial charge is 0.490 e. The molecule has 1 aromatic carbocycles. The molecular formula is C22H36O4. The maximum Gasteiger partial charge on any atom is 0.369 e. The summed E-state index contributed by atoms with van der Waals surface area (Å²) in [5, 5.41) is 0. The van der Waals surface area contributed by atoms with Gasteiger partial charge in [0.05, 0.1) is 13.2 Å². The fourth-order valence-electron chi connectivity index (χ4n) is 3.29. The van der Waals surface area contributed by atoms with Crippen molar-refractivity contribution in [1.82, 2.24) is 0 Å². The summed E-state index contributed by atoms with van der Waals surface area (Å²) < 4.78 is 23.1. The summed E-state index contributed by atoms with van der Waals surface area (Å²) in [4.78, 5) is 0. The molecule has 1 heterocycles. The zero-order valence-corrected chi connectivity index (χ0v) is 16.9. The Bertz CT molecular complexity index is 517. The molecule has 0 spiro atoms. The second kappa shape index (κ2) is 11.3. The van der Waals surface area contributed by atoms with E-state index in [0.29, 0.717) is 24.7 Å². The van der Waals surface area contributed by atoms with Crippen LogP contribution in [0.4, 0.5) is 0 Å². The third kappa shape index (κ3) is 6.71. The Morgan fingerprint density at radius 2 is 1.50 bits per heavy atom. The first kappa shape index (κ1) is 20.9. The van der Waals surface area contributed by atoms with Gasteiger partial charge in [0.2, 0.25) is 5.75 Å². The molecule has 2 rings (SSSR count).